The molecule has 1 rings (SSSR count). The molecule has 0 bridgehead atoms. The molecule has 1 aliphatic carbocycles. The van der Waals surface area contributed by atoms with Gasteiger partial charge in [-0.3, -0.25) is 14.4 Å². The van der Waals surface area contributed by atoms with E-state index in [1.807, 2.05) is 0 Å². The lowest BCUT2D eigenvalue weighted by molar-refractivity contribution is -0.142. The van der Waals surface area contributed by atoms with E-state index in [2.05, 4.69) is 4.74 Å². The molecule has 0 amide bonds. The van der Waals surface area contributed by atoms with Crippen LogP contribution in [0, 0.1) is 11.8 Å². The monoisotopic (exact) mass is 238 g/mol. The van der Waals surface area contributed by atoms with Gasteiger partial charge in [-0.05, 0) is 31.8 Å². The second kappa shape index (κ2) is 6.33. The molecule has 0 saturated heterocycles. The lowest BCUT2D eigenvalue weighted by atomic mass is 9.89. The number of methoxy groups -OCH3 is 1. The Bertz CT molecular complexity index is 343. The highest BCUT2D eigenvalue weighted by Gasteiger charge is 2.35. The van der Waals surface area contributed by atoms with Crippen LogP contribution in [0.1, 0.15) is 32.6 Å². The lowest BCUT2D eigenvalue weighted by Crippen LogP contribution is -2.18. The van der Waals surface area contributed by atoms with Crippen molar-refractivity contribution in [2.24, 2.45) is 11.8 Å². The molecule has 1 saturated carbocycles. The van der Waals surface area contributed by atoms with Crippen molar-refractivity contribution in [2.45, 2.75) is 32.6 Å². The van der Waals surface area contributed by atoms with Gasteiger partial charge in [-0.15, -0.1) is 0 Å². The highest BCUT2D eigenvalue weighted by atomic mass is 16.5. The summed E-state index contributed by atoms with van der Waals surface area (Å²) in [4.78, 5) is 33.6. The third kappa shape index (κ3) is 4.13. The minimum atomic E-state index is -0.273. The van der Waals surface area contributed by atoms with Crippen LogP contribution in [0.4, 0.5) is 0 Å². The van der Waals surface area contributed by atoms with Gasteiger partial charge in [0, 0.05) is 18.8 Å². The molecule has 17 heavy (non-hydrogen) atoms. The second-order valence-corrected chi connectivity index (χ2v) is 4.40. The fourth-order valence-corrected chi connectivity index (χ4v) is 2.22. The molecule has 94 valence electrons. The van der Waals surface area contributed by atoms with E-state index in [4.69, 9.17) is 0 Å². The molecule has 0 radical (unpaired) electrons. The van der Waals surface area contributed by atoms with Gasteiger partial charge >= 0.3 is 5.97 Å². The molecule has 2 unspecified atom stereocenters. The largest absolute Gasteiger partial charge is 0.469 e. The first-order valence-corrected chi connectivity index (χ1v) is 5.81. The van der Waals surface area contributed by atoms with Crippen LogP contribution >= 0.6 is 0 Å². The van der Waals surface area contributed by atoms with Crippen molar-refractivity contribution >= 4 is 17.5 Å². The Balaban J connectivity index is 2.56. The average Bonchev–Trinajstić information content (AvgIpc) is 2.60. The van der Waals surface area contributed by atoms with E-state index >= 15 is 0 Å². The van der Waals surface area contributed by atoms with Crippen molar-refractivity contribution in [2.75, 3.05) is 7.11 Å². The van der Waals surface area contributed by atoms with Gasteiger partial charge in [0.15, 0.2) is 5.78 Å². The number of esters is 1. The van der Waals surface area contributed by atoms with Gasteiger partial charge < -0.3 is 4.74 Å². The Labute approximate surface area is 101 Å². The molecular formula is C13H18O4. The van der Waals surface area contributed by atoms with Crippen molar-refractivity contribution in [1.29, 1.82) is 0 Å². The Morgan fingerprint density at radius 1 is 1.47 bits per heavy atom. The molecular weight excluding hydrogens is 220 g/mol. The summed E-state index contributed by atoms with van der Waals surface area (Å²) in [5, 5.41) is 0. The highest BCUT2D eigenvalue weighted by Crippen LogP contribution is 2.34. The number of hydrogen-bond acceptors (Lipinski definition) is 4. The van der Waals surface area contributed by atoms with Crippen LogP contribution in [0.5, 0.6) is 0 Å². The molecule has 0 spiro atoms. The molecule has 0 N–H and O–H groups in total. The van der Waals surface area contributed by atoms with Crippen molar-refractivity contribution in [3.63, 3.8) is 0 Å². The minimum absolute atomic E-state index is 0.0278. The van der Waals surface area contributed by atoms with Gasteiger partial charge in [-0.25, -0.2) is 0 Å². The molecule has 0 aliphatic heterocycles. The number of rotatable bonds is 5. The lowest BCUT2D eigenvalue weighted by Gasteiger charge is -2.15. The maximum Gasteiger partial charge on any atom is 0.305 e. The van der Waals surface area contributed by atoms with Crippen molar-refractivity contribution < 1.29 is 19.1 Å². The first-order chi connectivity index (χ1) is 8.04. The third-order valence-corrected chi connectivity index (χ3v) is 3.14. The maximum absolute atomic E-state index is 11.7. The van der Waals surface area contributed by atoms with Gasteiger partial charge in [-0.1, -0.05) is 6.08 Å². The summed E-state index contributed by atoms with van der Waals surface area (Å²) in [6, 6.07) is 0. The number of hydrogen-bond donors (Lipinski definition) is 0. The second-order valence-electron chi connectivity index (χ2n) is 4.40. The standard InChI is InChI=1S/C13H18O4/c1-9(14)4-3-5-11-10(6-7-12(11)15)8-13(16)17-2/h3-4,10-11H,5-8H2,1-2H3/b4-3+. The zero-order chi connectivity index (χ0) is 12.8. The Kier molecular flexibility index (Phi) is 5.07. The van der Waals surface area contributed by atoms with Crippen molar-refractivity contribution in [3.8, 4) is 0 Å². The zero-order valence-corrected chi connectivity index (χ0v) is 10.3. The molecule has 0 aromatic rings. The van der Waals surface area contributed by atoms with E-state index in [1.54, 1.807) is 6.08 Å². The summed E-state index contributed by atoms with van der Waals surface area (Å²) in [5.74, 6) is -0.187. The van der Waals surface area contributed by atoms with E-state index in [-0.39, 0.29) is 29.4 Å². The topological polar surface area (TPSA) is 60.4 Å². The van der Waals surface area contributed by atoms with Crippen LogP contribution in [0.15, 0.2) is 12.2 Å². The number of ketones is 2. The molecule has 4 nitrogen and oxygen atoms in total. The summed E-state index contributed by atoms with van der Waals surface area (Å²) >= 11 is 0. The normalized spacial score (nSPS) is 24.2. The van der Waals surface area contributed by atoms with Gasteiger partial charge in [0.2, 0.25) is 0 Å². The summed E-state index contributed by atoms with van der Waals surface area (Å²) in [6.45, 7) is 1.47. The first-order valence-electron chi connectivity index (χ1n) is 5.81. The van der Waals surface area contributed by atoms with Crippen LogP contribution < -0.4 is 0 Å². The Hall–Kier alpha value is -1.45. The molecule has 1 fully saturated rings. The van der Waals surface area contributed by atoms with E-state index in [1.165, 1.54) is 20.1 Å². The molecule has 1 aliphatic rings. The fourth-order valence-electron chi connectivity index (χ4n) is 2.22. The quantitative estimate of drug-likeness (QED) is 0.540. The van der Waals surface area contributed by atoms with E-state index in [9.17, 15) is 14.4 Å². The molecule has 2 atom stereocenters. The molecule has 0 aromatic heterocycles. The highest BCUT2D eigenvalue weighted by molar-refractivity contribution is 5.87. The predicted octanol–water partition coefficient (Wildman–Crippen LogP) is 1.68. The predicted molar refractivity (Wildman–Crippen MR) is 62.3 cm³/mol. The summed E-state index contributed by atoms with van der Waals surface area (Å²) in [7, 11) is 1.35. The van der Waals surface area contributed by atoms with Crippen LogP contribution in [-0.2, 0) is 19.1 Å². The molecule has 0 heterocycles. The number of ether oxygens (including phenoxy) is 1. The van der Waals surface area contributed by atoms with E-state index in [0.717, 1.165) is 6.42 Å². The van der Waals surface area contributed by atoms with Crippen molar-refractivity contribution in [3.05, 3.63) is 12.2 Å². The fraction of sp³-hybridized carbons (Fsp3) is 0.615. The van der Waals surface area contributed by atoms with Gasteiger partial charge in [0.1, 0.15) is 5.78 Å². The number of Topliss-reactive ketones (excluding diaryl/α,β-unsaturated/α-hetero) is 1. The van der Waals surface area contributed by atoms with Gasteiger partial charge in [0.05, 0.1) is 7.11 Å². The molecule has 4 heteroatoms. The van der Waals surface area contributed by atoms with Gasteiger partial charge in [-0.2, -0.15) is 0 Å². The van der Waals surface area contributed by atoms with E-state index in [0.29, 0.717) is 19.3 Å². The smallest absolute Gasteiger partial charge is 0.305 e. The zero-order valence-electron chi connectivity index (χ0n) is 10.3. The number of carbonyl (C=O) groups is 3. The first kappa shape index (κ1) is 13.6. The Morgan fingerprint density at radius 3 is 2.76 bits per heavy atom. The van der Waals surface area contributed by atoms with Crippen LogP contribution in [-0.4, -0.2) is 24.6 Å². The summed E-state index contributed by atoms with van der Waals surface area (Å²) < 4.78 is 4.62. The summed E-state index contributed by atoms with van der Waals surface area (Å²) in [5.41, 5.74) is 0. The van der Waals surface area contributed by atoms with Crippen LogP contribution in [0.3, 0.4) is 0 Å². The summed E-state index contributed by atoms with van der Waals surface area (Å²) in [6.07, 6.45) is 5.30. The number of carbonyl (C=O) groups excluding carboxylic acids is 3. The SMILES string of the molecule is COC(=O)CC1CCC(=O)C1C/C=C/C(C)=O. The Morgan fingerprint density at radius 2 is 2.18 bits per heavy atom. The van der Waals surface area contributed by atoms with Gasteiger partial charge in [0.25, 0.3) is 0 Å². The third-order valence-electron chi connectivity index (χ3n) is 3.14. The minimum Gasteiger partial charge on any atom is -0.469 e. The van der Waals surface area contributed by atoms with E-state index < -0.39 is 0 Å². The molecule has 0 aromatic carbocycles. The van der Waals surface area contributed by atoms with Crippen molar-refractivity contribution in [1.82, 2.24) is 0 Å². The average molecular weight is 238 g/mol. The maximum atomic E-state index is 11.7. The van der Waals surface area contributed by atoms with Crippen LogP contribution in [0.2, 0.25) is 0 Å². The van der Waals surface area contributed by atoms with Crippen LogP contribution in [0.25, 0.3) is 0 Å². The number of allylic oxidation sites excluding steroid dienone is 2.